The van der Waals surface area contributed by atoms with Crippen molar-refractivity contribution < 1.29 is 24.0 Å². The van der Waals surface area contributed by atoms with E-state index in [1.807, 2.05) is 30.3 Å². The summed E-state index contributed by atoms with van der Waals surface area (Å²) in [7, 11) is 0. The third-order valence-corrected chi connectivity index (χ3v) is 4.08. The molecule has 7 nitrogen and oxygen atoms in total. The number of carbonyl (C=O) groups is 2. The van der Waals surface area contributed by atoms with E-state index in [1.54, 1.807) is 0 Å². The van der Waals surface area contributed by atoms with Crippen LogP contribution in [-0.4, -0.2) is 23.5 Å². The average molecular weight is 391 g/mol. The molecule has 7 heteroatoms. The molecular formula is C22H17NO6. The van der Waals surface area contributed by atoms with E-state index in [1.165, 1.54) is 48.5 Å². The zero-order chi connectivity index (χ0) is 20.6. The molecule has 0 N–H and O–H groups in total. The first-order valence-corrected chi connectivity index (χ1v) is 8.81. The van der Waals surface area contributed by atoms with Crippen LogP contribution in [0.2, 0.25) is 0 Å². The van der Waals surface area contributed by atoms with E-state index in [0.717, 1.165) is 5.56 Å². The van der Waals surface area contributed by atoms with Gasteiger partial charge in [0.25, 0.3) is 5.69 Å². The van der Waals surface area contributed by atoms with Gasteiger partial charge in [-0.15, -0.1) is 0 Å². The third-order valence-electron chi connectivity index (χ3n) is 4.08. The van der Waals surface area contributed by atoms with Gasteiger partial charge >= 0.3 is 11.9 Å². The van der Waals surface area contributed by atoms with Crippen molar-refractivity contribution in [2.45, 2.75) is 6.42 Å². The lowest BCUT2D eigenvalue weighted by Crippen LogP contribution is -2.10. The van der Waals surface area contributed by atoms with Gasteiger partial charge in [0.15, 0.2) is 0 Å². The van der Waals surface area contributed by atoms with Crippen molar-refractivity contribution >= 4 is 17.6 Å². The Balaban J connectivity index is 1.53. The lowest BCUT2D eigenvalue weighted by molar-refractivity contribution is -0.384. The fraction of sp³-hybridized carbons (Fsp3) is 0.0909. The summed E-state index contributed by atoms with van der Waals surface area (Å²) in [5, 5.41) is 10.6. The molecule has 0 unspecified atom stereocenters. The monoisotopic (exact) mass is 391 g/mol. The Kier molecular flexibility index (Phi) is 6.32. The van der Waals surface area contributed by atoms with Crippen LogP contribution in [0, 0.1) is 10.1 Å². The maximum atomic E-state index is 12.1. The molecule has 3 aromatic rings. The normalized spacial score (nSPS) is 10.2. The number of non-ortho nitro benzene ring substituents is 1. The summed E-state index contributed by atoms with van der Waals surface area (Å²) in [6, 6.07) is 20.8. The topological polar surface area (TPSA) is 95.7 Å². The number of ether oxygens (including phenoxy) is 2. The summed E-state index contributed by atoms with van der Waals surface area (Å²) >= 11 is 0. The van der Waals surface area contributed by atoms with Gasteiger partial charge in [-0.2, -0.15) is 0 Å². The quantitative estimate of drug-likeness (QED) is 0.259. The molecule has 0 heterocycles. The molecule has 0 saturated carbocycles. The minimum absolute atomic E-state index is 0.114. The second-order valence-electron chi connectivity index (χ2n) is 6.09. The summed E-state index contributed by atoms with van der Waals surface area (Å²) in [5.74, 6) is -0.874. The van der Waals surface area contributed by atoms with Crippen LogP contribution in [0.15, 0.2) is 78.9 Å². The minimum Gasteiger partial charge on any atom is -0.462 e. The number of hydrogen-bond acceptors (Lipinski definition) is 6. The fourth-order valence-corrected chi connectivity index (χ4v) is 2.53. The first-order chi connectivity index (χ1) is 14.0. The summed E-state index contributed by atoms with van der Waals surface area (Å²) < 4.78 is 10.5. The summed E-state index contributed by atoms with van der Waals surface area (Å²) in [6.45, 7) is 0.264. The first-order valence-electron chi connectivity index (χ1n) is 8.81. The molecule has 0 spiro atoms. The van der Waals surface area contributed by atoms with Crippen LogP contribution in [0.4, 0.5) is 5.69 Å². The van der Waals surface area contributed by atoms with Gasteiger partial charge < -0.3 is 9.47 Å². The SMILES string of the molecule is O=C(OCCc1ccccc1)c1ccc(OC(=O)c2ccc([N+](=O)[O-])cc2)cc1. The van der Waals surface area contributed by atoms with E-state index < -0.39 is 16.9 Å². The van der Waals surface area contributed by atoms with E-state index in [9.17, 15) is 19.7 Å². The van der Waals surface area contributed by atoms with Gasteiger partial charge in [-0.3, -0.25) is 10.1 Å². The highest BCUT2D eigenvalue weighted by molar-refractivity contribution is 5.92. The molecular weight excluding hydrogens is 374 g/mol. The predicted molar refractivity (Wildman–Crippen MR) is 105 cm³/mol. The first kappa shape index (κ1) is 19.8. The van der Waals surface area contributed by atoms with Gasteiger partial charge in [0.2, 0.25) is 0 Å². The summed E-state index contributed by atoms with van der Waals surface area (Å²) in [6.07, 6.45) is 0.623. The van der Waals surface area contributed by atoms with Crippen molar-refractivity contribution in [3.8, 4) is 5.75 Å². The Hall–Kier alpha value is -4.00. The van der Waals surface area contributed by atoms with Gasteiger partial charge in [-0.25, -0.2) is 9.59 Å². The van der Waals surface area contributed by atoms with Gasteiger partial charge in [-0.1, -0.05) is 30.3 Å². The smallest absolute Gasteiger partial charge is 0.343 e. The Morgan fingerprint density at radius 1 is 0.793 bits per heavy atom. The molecule has 0 atom stereocenters. The molecule has 0 aliphatic rings. The molecule has 0 aliphatic heterocycles. The Bertz CT molecular complexity index is 998. The molecule has 0 bridgehead atoms. The molecule has 29 heavy (non-hydrogen) atoms. The van der Waals surface area contributed by atoms with Crippen LogP contribution >= 0.6 is 0 Å². The average Bonchev–Trinajstić information content (AvgIpc) is 2.75. The highest BCUT2D eigenvalue weighted by Gasteiger charge is 2.13. The zero-order valence-electron chi connectivity index (χ0n) is 15.3. The molecule has 146 valence electrons. The van der Waals surface area contributed by atoms with Crippen LogP contribution in [0.3, 0.4) is 0 Å². The van der Waals surface area contributed by atoms with Crippen molar-refractivity contribution in [1.82, 2.24) is 0 Å². The number of benzene rings is 3. The Labute approximate surface area is 166 Å². The number of nitrogens with zero attached hydrogens (tertiary/aromatic N) is 1. The molecule has 0 aromatic heterocycles. The number of rotatable bonds is 7. The molecule has 0 radical (unpaired) electrons. The van der Waals surface area contributed by atoms with Crippen LogP contribution < -0.4 is 4.74 Å². The largest absolute Gasteiger partial charge is 0.462 e. The van der Waals surface area contributed by atoms with Crippen molar-refractivity contribution in [1.29, 1.82) is 0 Å². The molecule has 3 rings (SSSR count). The van der Waals surface area contributed by atoms with E-state index in [0.29, 0.717) is 12.0 Å². The van der Waals surface area contributed by atoms with Gasteiger partial charge in [0.1, 0.15) is 5.75 Å². The standard InChI is InChI=1S/C22H17NO6/c24-21(28-15-14-16-4-2-1-3-5-16)17-8-12-20(13-9-17)29-22(25)18-6-10-19(11-7-18)23(26)27/h1-13H,14-15H2. The number of hydrogen-bond donors (Lipinski definition) is 0. The summed E-state index contributed by atoms with van der Waals surface area (Å²) in [5.41, 5.74) is 1.48. The van der Waals surface area contributed by atoms with Crippen LogP contribution in [0.25, 0.3) is 0 Å². The molecule has 0 amide bonds. The van der Waals surface area contributed by atoms with Crippen LogP contribution in [0.1, 0.15) is 26.3 Å². The maximum absolute atomic E-state index is 12.1. The lowest BCUT2D eigenvalue weighted by atomic mass is 10.2. The van der Waals surface area contributed by atoms with Crippen LogP contribution in [-0.2, 0) is 11.2 Å². The van der Waals surface area contributed by atoms with Gasteiger partial charge in [0.05, 0.1) is 22.7 Å². The highest BCUT2D eigenvalue weighted by atomic mass is 16.6. The maximum Gasteiger partial charge on any atom is 0.343 e. The number of esters is 2. The predicted octanol–water partition coefficient (Wildman–Crippen LogP) is 4.21. The van der Waals surface area contributed by atoms with Gasteiger partial charge in [-0.05, 0) is 42.0 Å². The fourth-order valence-electron chi connectivity index (χ4n) is 2.53. The van der Waals surface area contributed by atoms with Gasteiger partial charge in [0, 0.05) is 18.6 Å². The van der Waals surface area contributed by atoms with Crippen molar-refractivity contribution in [3.05, 3.63) is 106 Å². The summed E-state index contributed by atoms with van der Waals surface area (Å²) in [4.78, 5) is 34.3. The molecule has 3 aromatic carbocycles. The Morgan fingerprint density at radius 2 is 1.38 bits per heavy atom. The van der Waals surface area contributed by atoms with E-state index in [2.05, 4.69) is 0 Å². The Morgan fingerprint density at radius 3 is 2.00 bits per heavy atom. The second kappa shape index (κ2) is 9.27. The van der Waals surface area contributed by atoms with Crippen molar-refractivity contribution in [2.24, 2.45) is 0 Å². The molecule has 0 fully saturated rings. The van der Waals surface area contributed by atoms with Crippen molar-refractivity contribution in [2.75, 3.05) is 6.61 Å². The number of nitro groups is 1. The van der Waals surface area contributed by atoms with E-state index in [-0.39, 0.29) is 23.6 Å². The third kappa shape index (κ3) is 5.49. The zero-order valence-corrected chi connectivity index (χ0v) is 15.3. The van der Waals surface area contributed by atoms with Crippen molar-refractivity contribution in [3.63, 3.8) is 0 Å². The minimum atomic E-state index is -0.655. The molecule has 0 saturated heterocycles. The highest BCUT2D eigenvalue weighted by Crippen LogP contribution is 2.17. The lowest BCUT2D eigenvalue weighted by Gasteiger charge is -2.07. The van der Waals surface area contributed by atoms with Crippen LogP contribution in [0.5, 0.6) is 5.75 Å². The van der Waals surface area contributed by atoms with E-state index in [4.69, 9.17) is 9.47 Å². The number of carbonyl (C=O) groups excluding carboxylic acids is 2. The molecule has 0 aliphatic carbocycles. The van der Waals surface area contributed by atoms with E-state index >= 15 is 0 Å². The number of nitro benzene ring substituents is 1. The second-order valence-corrected chi connectivity index (χ2v) is 6.09.